The van der Waals surface area contributed by atoms with Crippen LogP contribution in [0.4, 0.5) is 0 Å². The van der Waals surface area contributed by atoms with Gasteiger partial charge in [-0.2, -0.15) is 0 Å². The number of allylic oxidation sites excluding steroid dienone is 2. The summed E-state index contributed by atoms with van der Waals surface area (Å²) in [5.74, 6) is -2.98. The van der Waals surface area contributed by atoms with E-state index in [1.807, 2.05) is 0 Å². The molecule has 122 valence electrons. The molecule has 1 aliphatic heterocycles. The van der Waals surface area contributed by atoms with Crippen LogP contribution in [0, 0.1) is 0 Å². The number of halogens is 2. The normalized spacial score (nSPS) is 17.1. The van der Waals surface area contributed by atoms with Crippen LogP contribution in [0.25, 0.3) is 0 Å². The molecule has 2 rings (SSSR count). The molecule has 0 saturated heterocycles. The number of carboxylic acids is 1. The number of methoxy groups -OCH3 is 1. The zero-order chi connectivity index (χ0) is 17.3. The fourth-order valence-electron chi connectivity index (χ4n) is 2.70. The second-order valence-corrected chi connectivity index (χ2v) is 5.84. The fraction of sp³-hybridized carbons (Fsp3) is 0.250. The predicted octanol–water partition coefficient (Wildman–Crippen LogP) is -0.845. The molecule has 0 bridgehead atoms. The summed E-state index contributed by atoms with van der Waals surface area (Å²) in [6.07, 6.45) is 0. The Labute approximate surface area is 192 Å². The molecular weight excluding hydrogens is 380 g/mol. The summed E-state index contributed by atoms with van der Waals surface area (Å²) in [4.78, 5) is 23.8. The van der Waals surface area contributed by atoms with Gasteiger partial charge < -0.3 is 20.0 Å². The molecular formula is C16H14Cl2KNO4. The van der Waals surface area contributed by atoms with Crippen molar-refractivity contribution >= 4 is 35.1 Å². The minimum absolute atomic E-state index is 0. The first-order valence-electron chi connectivity index (χ1n) is 6.71. The Morgan fingerprint density at radius 1 is 1.17 bits per heavy atom. The number of carbonyl (C=O) groups excluding carboxylic acids is 2. The van der Waals surface area contributed by atoms with E-state index in [1.54, 1.807) is 32.0 Å². The molecule has 0 aromatic heterocycles. The molecule has 1 aliphatic rings. The first-order valence-corrected chi connectivity index (χ1v) is 7.47. The molecule has 0 amide bonds. The smallest absolute Gasteiger partial charge is 0.545 e. The summed E-state index contributed by atoms with van der Waals surface area (Å²) in [7, 11) is 1.23. The first-order chi connectivity index (χ1) is 10.8. The minimum atomic E-state index is -1.40. The molecule has 5 nitrogen and oxygen atoms in total. The summed E-state index contributed by atoms with van der Waals surface area (Å²) in [6, 6.07) is 4.84. The monoisotopic (exact) mass is 393 g/mol. The molecule has 0 radical (unpaired) electrons. The number of carbonyl (C=O) groups is 2. The van der Waals surface area contributed by atoms with Crippen molar-refractivity contribution in [1.29, 1.82) is 0 Å². The zero-order valence-corrected chi connectivity index (χ0v) is 18.3. The Kier molecular flexibility index (Phi) is 8.00. The number of dihydropyridines is 1. The largest absolute Gasteiger partial charge is 1.00 e. The molecule has 0 saturated carbocycles. The van der Waals surface area contributed by atoms with Crippen molar-refractivity contribution in [3.63, 3.8) is 0 Å². The molecule has 1 unspecified atom stereocenters. The van der Waals surface area contributed by atoms with Crippen molar-refractivity contribution in [3.05, 3.63) is 56.3 Å². The number of aliphatic carboxylic acids is 1. The van der Waals surface area contributed by atoms with E-state index in [1.165, 1.54) is 7.11 Å². The maximum Gasteiger partial charge on any atom is 1.00 e. The van der Waals surface area contributed by atoms with E-state index in [0.717, 1.165) is 0 Å². The SMILES string of the molecule is COC(=O)C1=C(C)NC(C)=C(C(=O)[O-])C1c1cccc(Cl)c1Cl.[K+]. The number of carboxylic acid groups (broad SMARTS) is 1. The summed E-state index contributed by atoms with van der Waals surface area (Å²) in [5, 5.41) is 15.0. The third-order valence-electron chi connectivity index (χ3n) is 3.68. The van der Waals surface area contributed by atoms with Crippen molar-refractivity contribution in [2.75, 3.05) is 7.11 Å². The number of hydrogen-bond acceptors (Lipinski definition) is 5. The van der Waals surface area contributed by atoms with Gasteiger partial charge in [0.05, 0.1) is 28.7 Å². The molecule has 1 aromatic carbocycles. The predicted molar refractivity (Wildman–Crippen MR) is 84.8 cm³/mol. The van der Waals surface area contributed by atoms with E-state index in [9.17, 15) is 14.7 Å². The third-order valence-corrected chi connectivity index (χ3v) is 4.51. The van der Waals surface area contributed by atoms with E-state index < -0.39 is 17.9 Å². The maximum absolute atomic E-state index is 12.2. The van der Waals surface area contributed by atoms with Gasteiger partial charge >= 0.3 is 57.4 Å². The molecule has 1 heterocycles. The summed E-state index contributed by atoms with van der Waals surface area (Å²) in [5.41, 5.74) is 1.33. The minimum Gasteiger partial charge on any atom is -0.545 e. The molecule has 8 heteroatoms. The Hall–Kier alpha value is -0.344. The van der Waals surface area contributed by atoms with Gasteiger partial charge in [-0.3, -0.25) is 0 Å². The Balaban J connectivity index is 0.00000288. The summed E-state index contributed by atoms with van der Waals surface area (Å²) < 4.78 is 4.80. The van der Waals surface area contributed by atoms with Crippen molar-refractivity contribution in [2.45, 2.75) is 19.8 Å². The molecule has 1 atom stereocenters. The third kappa shape index (κ3) is 4.07. The first kappa shape index (κ1) is 21.7. The quantitative estimate of drug-likeness (QED) is 0.534. The zero-order valence-electron chi connectivity index (χ0n) is 13.7. The molecule has 0 fully saturated rings. The Bertz CT molecular complexity index is 758. The summed E-state index contributed by atoms with van der Waals surface area (Å²) >= 11 is 12.3. The number of esters is 1. The second kappa shape index (κ2) is 8.85. The van der Waals surface area contributed by atoms with E-state index in [0.29, 0.717) is 17.0 Å². The number of ether oxygens (including phenoxy) is 1. The van der Waals surface area contributed by atoms with Gasteiger partial charge in [0, 0.05) is 22.9 Å². The van der Waals surface area contributed by atoms with Gasteiger partial charge in [0.15, 0.2) is 0 Å². The summed E-state index contributed by atoms with van der Waals surface area (Å²) in [6.45, 7) is 3.25. The Morgan fingerprint density at radius 3 is 2.29 bits per heavy atom. The van der Waals surface area contributed by atoms with Gasteiger partial charge in [-0.25, -0.2) is 4.79 Å². The van der Waals surface area contributed by atoms with Crippen LogP contribution in [-0.4, -0.2) is 19.0 Å². The van der Waals surface area contributed by atoms with Crippen molar-refractivity contribution < 1.29 is 70.8 Å². The van der Waals surface area contributed by atoms with Gasteiger partial charge in [0.2, 0.25) is 0 Å². The van der Waals surface area contributed by atoms with Gasteiger partial charge in [-0.1, -0.05) is 35.3 Å². The number of benzene rings is 1. The van der Waals surface area contributed by atoms with E-state index in [4.69, 9.17) is 27.9 Å². The van der Waals surface area contributed by atoms with Crippen molar-refractivity contribution in [3.8, 4) is 0 Å². The maximum atomic E-state index is 12.2. The van der Waals surface area contributed by atoms with Crippen LogP contribution in [0.3, 0.4) is 0 Å². The van der Waals surface area contributed by atoms with Crippen molar-refractivity contribution in [2.24, 2.45) is 0 Å². The van der Waals surface area contributed by atoms with Gasteiger partial charge in [0.1, 0.15) is 0 Å². The van der Waals surface area contributed by atoms with Crippen molar-refractivity contribution in [1.82, 2.24) is 5.32 Å². The van der Waals surface area contributed by atoms with E-state index in [2.05, 4.69) is 5.32 Å². The van der Waals surface area contributed by atoms with Crippen LogP contribution in [0.15, 0.2) is 40.7 Å². The van der Waals surface area contributed by atoms with Crippen LogP contribution in [-0.2, 0) is 14.3 Å². The fourth-order valence-corrected chi connectivity index (χ4v) is 3.12. The molecule has 1 aromatic rings. The van der Waals surface area contributed by atoms with E-state index in [-0.39, 0.29) is 72.6 Å². The van der Waals surface area contributed by atoms with Crippen LogP contribution in [0.2, 0.25) is 10.0 Å². The average molecular weight is 394 g/mol. The second-order valence-electron chi connectivity index (χ2n) is 5.06. The van der Waals surface area contributed by atoms with Crippen LogP contribution >= 0.6 is 23.2 Å². The molecule has 1 N–H and O–H groups in total. The van der Waals surface area contributed by atoms with Crippen LogP contribution < -0.4 is 61.8 Å². The van der Waals surface area contributed by atoms with E-state index >= 15 is 0 Å². The van der Waals surface area contributed by atoms with Gasteiger partial charge in [-0.15, -0.1) is 0 Å². The molecule has 0 aliphatic carbocycles. The van der Waals surface area contributed by atoms with Gasteiger partial charge in [-0.05, 0) is 25.5 Å². The van der Waals surface area contributed by atoms with Crippen LogP contribution in [0.5, 0.6) is 0 Å². The molecule has 24 heavy (non-hydrogen) atoms. The standard InChI is InChI=1S/C16H15Cl2NO4.K/c1-7-11(15(20)21)13(9-5-4-6-10(17)14(9)18)12(8(2)19-7)16(22)23-3;/h4-6,13,19H,1-3H3,(H,20,21);/q;+1/p-1. The Morgan fingerprint density at radius 2 is 1.75 bits per heavy atom. The number of rotatable bonds is 3. The number of hydrogen-bond donors (Lipinski definition) is 1. The average Bonchev–Trinajstić information content (AvgIpc) is 2.48. The number of nitrogens with one attached hydrogen (secondary N) is 1. The van der Waals surface area contributed by atoms with Gasteiger partial charge in [0.25, 0.3) is 0 Å². The van der Waals surface area contributed by atoms with Crippen LogP contribution in [0.1, 0.15) is 25.3 Å². The topological polar surface area (TPSA) is 78.5 Å². The molecule has 0 spiro atoms.